The highest BCUT2D eigenvalue weighted by molar-refractivity contribution is 7.99. The zero-order valence-electron chi connectivity index (χ0n) is 18.2. The Balaban J connectivity index is 2.09. The smallest absolute Gasteiger partial charge is 0.242 e. The zero-order chi connectivity index (χ0) is 22.1. The predicted octanol–water partition coefficient (Wildman–Crippen LogP) is 5.21. The molecule has 0 aliphatic carbocycles. The monoisotopic (exact) mass is 446 g/mol. The highest BCUT2D eigenvalue weighted by atomic mass is 35.5. The summed E-state index contributed by atoms with van der Waals surface area (Å²) in [6.07, 6.45) is 0.840. The minimum absolute atomic E-state index is 0.0552. The van der Waals surface area contributed by atoms with Gasteiger partial charge < -0.3 is 10.2 Å². The lowest BCUT2D eigenvalue weighted by Crippen LogP contribution is -2.50. The van der Waals surface area contributed by atoms with Crippen LogP contribution in [0.25, 0.3) is 0 Å². The number of aryl methyl sites for hydroxylation is 1. The number of hydrogen-bond acceptors (Lipinski definition) is 3. The van der Waals surface area contributed by atoms with Crippen LogP contribution >= 0.6 is 23.4 Å². The second kappa shape index (κ2) is 12.0. The highest BCUT2D eigenvalue weighted by Gasteiger charge is 2.26. The van der Waals surface area contributed by atoms with Crippen LogP contribution < -0.4 is 5.32 Å². The third-order valence-corrected chi connectivity index (χ3v) is 6.36. The first-order valence-electron chi connectivity index (χ1n) is 10.3. The van der Waals surface area contributed by atoms with Crippen LogP contribution in [0.15, 0.2) is 48.5 Å². The fourth-order valence-electron chi connectivity index (χ4n) is 2.98. The van der Waals surface area contributed by atoms with Crippen molar-refractivity contribution in [2.45, 2.75) is 58.5 Å². The second-order valence-corrected chi connectivity index (χ2v) is 8.99. The summed E-state index contributed by atoms with van der Waals surface area (Å²) in [7, 11) is 0. The molecule has 0 spiro atoms. The Labute approximate surface area is 189 Å². The summed E-state index contributed by atoms with van der Waals surface area (Å²) in [6.45, 7) is 8.19. The van der Waals surface area contributed by atoms with Crippen molar-refractivity contribution in [2.24, 2.45) is 0 Å². The Morgan fingerprint density at radius 1 is 1.13 bits per heavy atom. The van der Waals surface area contributed by atoms with E-state index in [1.807, 2.05) is 44.2 Å². The maximum atomic E-state index is 13.1. The van der Waals surface area contributed by atoms with E-state index in [1.165, 1.54) is 11.1 Å². The van der Waals surface area contributed by atoms with E-state index < -0.39 is 6.04 Å². The largest absolute Gasteiger partial charge is 0.352 e. The molecule has 0 aliphatic rings. The number of nitrogens with one attached hydrogen (secondary N) is 1. The van der Waals surface area contributed by atoms with Gasteiger partial charge in [0.2, 0.25) is 11.8 Å². The summed E-state index contributed by atoms with van der Waals surface area (Å²) in [5, 5.41) is 3.60. The number of thioether (sulfide) groups is 1. The predicted molar refractivity (Wildman–Crippen MR) is 127 cm³/mol. The number of carbonyl (C=O) groups is 2. The molecule has 0 heterocycles. The van der Waals surface area contributed by atoms with E-state index in [-0.39, 0.29) is 17.9 Å². The van der Waals surface area contributed by atoms with Gasteiger partial charge in [-0.2, -0.15) is 0 Å². The van der Waals surface area contributed by atoms with E-state index >= 15 is 0 Å². The summed E-state index contributed by atoms with van der Waals surface area (Å²) in [4.78, 5) is 27.5. The van der Waals surface area contributed by atoms with E-state index in [2.05, 4.69) is 24.4 Å². The van der Waals surface area contributed by atoms with Gasteiger partial charge in [0.1, 0.15) is 6.04 Å². The van der Waals surface area contributed by atoms with Gasteiger partial charge >= 0.3 is 0 Å². The molecular weight excluding hydrogens is 416 g/mol. The summed E-state index contributed by atoms with van der Waals surface area (Å²) >= 11 is 7.69. The number of carbonyl (C=O) groups excluding carboxylic acids is 2. The van der Waals surface area contributed by atoms with Crippen molar-refractivity contribution < 1.29 is 9.59 Å². The average Bonchev–Trinajstić information content (AvgIpc) is 2.72. The van der Waals surface area contributed by atoms with Crippen molar-refractivity contribution >= 4 is 35.2 Å². The molecule has 0 bridgehead atoms. The minimum atomic E-state index is -0.565. The first kappa shape index (κ1) is 24.3. The van der Waals surface area contributed by atoms with Gasteiger partial charge in [0.25, 0.3) is 0 Å². The van der Waals surface area contributed by atoms with Crippen LogP contribution in [0.3, 0.4) is 0 Å². The van der Waals surface area contributed by atoms with Crippen LogP contribution in [0, 0.1) is 6.92 Å². The first-order chi connectivity index (χ1) is 14.3. The van der Waals surface area contributed by atoms with Crippen LogP contribution in [-0.2, 0) is 21.9 Å². The molecule has 0 aromatic heterocycles. The first-order valence-corrected chi connectivity index (χ1v) is 11.8. The fraction of sp³-hybridized carbons (Fsp3) is 0.417. The summed E-state index contributed by atoms with van der Waals surface area (Å²) in [5.74, 6) is 0.885. The molecule has 162 valence electrons. The second-order valence-electron chi connectivity index (χ2n) is 7.56. The molecule has 2 unspecified atom stereocenters. The molecule has 2 aromatic rings. The van der Waals surface area contributed by atoms with Crippen molar-refractivity contribution in [3.63, 3.8) is 0 Å². The summed E-state index contributed by atoms with van der Waals surface area (Å²) in [5.41, 5.74) is 3.34. The van der Waals surface area contributed by atoms with Crippen LogP contribution in [0.2, 0.25) is 5.02 Å². The molecule has 2 atom stereocenters. The van der Waals surface area contributed by atoms with Crippen molar-refractivity contribution in [3.05, 3.63) is 70.2 Å². The van der Waals surface area contributed by atoms with Crippen LogP contribution in [0.4, 0.5) is 0 Å². The van der Waals surface area contributed by atoms with Gasteiger partial charge in [0, 0.05) is 23.4 Å². The molecule has 30 heavy (non-hydrogen) atoms. The minimum Gasteiger partial charge on any atom is -0.352 e. The molecule has 4 nitrogen and oxygen atoms in total. The standard InChI is InChI=1S/C24H31ClN2O2S/c1-5-18(3)26-24(29)19(4)27(14-20-10-8-12-22(25)13-20)23(28)16-30-15-21-11-7-6-9-17(21)2/h6-13,18-19H,5,14-16H2,1-4H3,(H,26,29). The molecule has 0 saturated heterocycles. The molecule has 1 N–H and O–H groups in total. The topological polar surface area (TPSA) is 49.4 Å². The van der Waals surface area contributed by atoms with Crippen LogP contribution in [0.1, 0.15) is 43.9 Å². The molecule has 2 rings (SSSR count). The van der Waals surface area contributed by atoms with Crippen LogP contribution in [0.5, 0.6) is 0 Å². The van der Waals surface area contributed by atoms with Crippen molar-refractivity contribution in [3.8, 4) is 0 Å². The highest BCUT2D eigenvalue weighted by Crippen LogP contribution is 2.19. The molecular formula is C24H31ClN2O2S. The molecule has 0 radical (unpaired) electrons. The Hall–Kier alpha value is -1.98. The van der Waals surface area contributed by atoms with E-state index in [0.717, 1.165) is 17.7 Å². The summed E-state index contributed by atoms with van der Waals surface area (Å²) < 4.78 is 0. The molecule has 2 aromatic carbocycles. The van der Waals surface area contributed by atoms with E-state index in [4.69, 9.17) is 11.6 Å². The SMILES string of the molecule is CCC(C)NC(=O)C(C)N(Cc1cccc(Cl)c1)C(=O)CSCc1ccccc1C. The van der Waals surface area contributed by atoms with E-state index in [9.17, 15) is 9.59 Å². The van der Waals surface area contributed by atoms with Gasteiger partial charge in [-0.05, 0) is 56.0 Å². The lowest BCUT2D eigenvalue weighted by molar-refractivity contribution is -0.138. The van der Waals surface area contributed by atoms with Crippen molar-refractivity contribution in [1.29, 1.82) is 0 Å². The number of halogens is 1. The van der Waals surface area contributed by atoms with E-state index in [1.54, 1.807) is 29.7 Å². The van der Waals surface area contributed by atoms with Crippen LogP contribution in [-0.4, -0.2) is 34.6 Å². The third kappa shape index (κ3) is 7.37. The van der Waals surface area contributed by atoms with Gasteiger partial charge in [-0.25, -0.2) is 0 Å². The Kier molecular flexibility index (Phi) is 9.73. The quantitative estimate of drug-likeness (QED) is 0.544. The zero-order valence-corrected chi connectivity index (χ0v) is 19.7. The number of rotatable bonds is 10. The Morgan fingerprint density at radius 3 is 2.53 bits per heavy atom. The summed E-state index contributed by atoms with van der Waals surface area (Å²) in [6, 6.07) is 15.1. The van der Waals surface area contributed by atoms with Gasteiger partial charge in [0.05, 0.1) is 5.75 Å². The maximum Gasteiger partial charge on any atom is 0.242 e. The molecule has 6 heteroatoms. The molecule has 2 amide bonds. The normalized spacial score (nSPS) is 12.8. The fourth-order valence-corrected chi connectivity index (χ4v) is 4.18. The number of benzene rings is 2. The lowest BCUT2D eigenvalue weighted by atomic mass is 10.1. The van der Waals surface area contributed by atoms with Crippen molar-refractivity contribution in [1.82, 2.24) is 10.2 Å². The van der Waals surface area contributed by atoms with Gasteiger partial charge in [-0.1, -0.05) is 54.9 Å². The Morgan fingerprint density at radius 2 is 1.87 bits per heavy atom. The lowest BCUT2D eigenvalue weighted by Gasteiger charge is -2.29. The molecule has 0 saturated carbocycles. The van der Waals surface area contributed by atoms with Gasteiger partial charge in [0.15, 0.2) is 0 Å². The number of amides is 2. The molecule has 0 fully saturated rings. The van der Waals surface area contributed by atoms with E-state index in [0.29, 0.717) is 17.3 Å². The van der Waals surface area contributed by atoms with Gasteiger partial charge in [-0.15, -0.1) is 11.8 Å². The number of hydrogen-bond donors (Lipinski definition) is 1. The average molecular weight is 447 g/mol. The van der Waals surface area contributed by atoms with Gasteiger partial charge in [-0.3, -0.25) is 9.59 Å². The number of nitrogens with zero attached hydrogens (tertiary/aromatic N) is 1. The molecule has 0 aliphatic heterocycles. The maximum absolute atomic E-state index is 13.1. The third-order valence-electron chi connectivity index (χ3n) is 5.15. The van der Waals surface area contributed by atoms with Crippen molar-refractivity contribution in [2.75, 3.05) is 5.75 Å². The Bertz CT molecular complexity index is 859.